The van der Waals surface area contributed by atoms with E-state index in [-0.39, 0.29) is 24.2 Å². The summed E-state index contributed by atoms with van der Waals surface area (Å²) in [5.74, 6) is -0.339. The van der Waals surface area contributed by atoms with E-state index in [0.717, 1.165) is 16.5 Å². The standard InChI is InChI=1S/C17H17BrFNO/c1-12(10-13-2-6-15(18)7-3-13)20-17(21)11-14-4-8-16(19)9-5-14/h2-9,12H,10-11H2,1H3,(H,20,21). The Bertz CT molecular complexity index is 595. The Labute approximate surface area is 132 Å². The van der Waals surface area contributed by atoms with Crippen LogP contribution in [0.15, 0.2) is 53.0 Å². The molecule has 0 saturated carbocycles. The number of carbonyl (C=O) groups is 1. The van der Waals surface area contributed by atoms with Gasteiger partial charge in [0.2, 0.25) is 5.91 Å². The van der Waals surface area contributed by atoms with Crippen molar-refractivity contribution in [3.8, 4) is 0 Å². The van der Waals surface area contributed by atoms with Gasteiger partial charge in [0.25, 0.3) is 0 Å². The summed E-state index contributed by atoms with van der Waals surface area (Å²) in [6, 6.07) is 14.1. The fourth-order valence-electron chi connectivity index (χ4n) is 2.14. The van der Waals surface area contributed by atoms with Gasteiger partial charge in [0.15, 0.2) is 0 Å². The fraction of sp³-hybridized carbons (Fsp3) is 0.235. The van der Waals surface area contributed by atoms with Gasteiger partial charge >= 0.3 is 0 Å². The van der Waals surface area contributed by atoms with Crippen molar-refractivity contribution in [2.45, 2.75) is 25.8 Å². The second-order valence-electron chi connectivity index (χ2n) is 5.10. The topological polar surface area (TPSA) is 29.1 Å². The van der Waals surface area contributed by atoms with E-state index in [1.165, 1.54) is 17.7 Å². The van der Waals surface area contributed by atoms with E-state index >= 15 is 0 Å². The van der Waals surface area contributed by atoms with E-state index in [2.05, 4.69) is 21.2 Å². The molecule has 0 radical (unpaired) electrons. The molecule has 1 amide bonds. The fourth-order valence-corrected chi connectivity index (χ4v) is 2.40. The molecule has 0 spiro atoms. The first-order valence-electron chi connectivity index (χ1n) is 6.81. The highest BCUT2D eigenvalue weighted by atomic mass is 79.9. The molecule has 0 aliphatic rings. The van der Waals surface area contributed by atoms with Crippen LogP contribution in [0.5, 0.6) is 0 Å². The van der Waals surface area contributed by atoms with E-state index in [0.29, 0.717) is 0 Å². The highest BCUT2D eigenvalue weighted by molar-refractivity contribution is 9.10. The van der Waals surface area contributed by atoms with E-state index in [1.54, 1.807) is 12.1 Å². The van der Waals surface area contributed by atoms with E-state index in [4.69, 9.17) is 0 Å². The summed E-state index contributed by atoms with van der Waals surface area (Å²) in [7, 11) is 0. The smallest absolute Gasteiger partial charge is 0.224 e. The quantitative estimate of drug-likeness (QED) is 0.871. The van der Waals surface area contributed by atoms with Crippen LogP contribution in [-0.2, 0) is 17.6 Å². The summed E-state index contributed by atoms with van der Waals surface area (Å²) >= 11 is 3.40. The molecule has 0 aliphatic carbocycles. The van der Waals surface area contributed by atoms with Gasteiger partial charge in [-0.1, -0.05) is 40.2 Å². The van der Waals surface area contributed by atoms with Crippen LogP contribution >= 0.6 is 15.9 Å². The molecule has 4 heteroatoms. The summed E-state index contributed by atoms with van der Waals surface area (Å²) in [5.41, 5.74) is 1.98. The van der Waals surface area contributed by atoms with Gasteiger partial charge in [0.1, 0.15) is 5.82 Å². The molecule has 0 bridgehead atoms. The Morgan fingerprint density at radius 2 is 1.67 bits per heavy atom. The summed E-state index contributed by atoms with van der Waals surface area (Å²) in [4.78, 5) is 11.9. The second-order valence-corrected chi connectivity index (χ2v) is 6.02. The summed E-state index contributed by atoms with van der Waals surface area (Å²) in [6.07, 6.45) is 1.05. The number of halogens is 2. The molecule has 2 aromatic rings. The zero-order valence-electron chi connectivity index (χ0n) is 11.8. The molecule has 2 rings (SSSR count). The maximum absolute atomic E-state index is 12.8. The predicted molar refractivity (Wildman–Crippen MR) is 85.6 cm³/mol. The van der Waals surface area contributed by atoms with Gasteiger partial charge < -0.3 is 5.32 Å². The number of nitrogens with one attached hydrogen (secondary N) is 1. The molecule has 2 nitrogen and oxygen atoms in total. The number of rotatable bonds is 5. The molecule has 1 atom stereocenters. The minimum Gasteiger partial charge on any atom is -0.353 e. The van der Waals surface area contributed by atoms with Crippen LogP contribution in [0.2, 0.25) is 0 Å². The third-order valence-corrected chi connectivity index (χ3v) is 3.67. The van der Waals surface area contributed by atoms with Crippen molar-refractivity contribution in [2.24, 2.45) is 0 Å². The van der Waals surface area contributed by atoms with Crippen LogP contribution in [-0.4, -0.2) is 11.9 Å². The lowest BCUT2D eigenvalue weighted by atomic mass is 10.1. The van der Waals surface area contributed by atoms with Crippen molar-refractivity contribution in [1.29, 1.82) is 0 Å². The number of hydrogen-bond acceptors (Lipinski definition) is 1. The van der Waals surface area contributed by atoms with Crippen molar-refractivity contribution in [3.05, 3.63) is 69.9 Å². The van der Waals surface area contributed by atoms with Gasteiger partial charge in [-0.05, 0) is 48.7 Å². The summed E-state index contributed by atoms with van der Waals surface area (Å²) in [5, 5.41) is 2.96. The van der Waals surface area contributed by atoms with Crippen LogP contribution in [0.4, 0.5) is 4.39 Å². The lowest BCUT2D eigenvalue weighted by Gasteiger charge is -2.14. The zero-order chi connectivity index (χ0) is 15.2. The van der Waals surface area contributed by atoms with Crippen molar-refractivity contribution in [2.75, 3.05) is 0 Å². The number of hydrogen-bond donors (Lipinski definition) is 1. The molecule has 1 unspecified atom stereocenters. The first-order valence-corrected chi connectivity index (χ1v) is 7.60. The molecule has 21 heavy (non-hydrogen) atoms. The largest absolute Gasteiger partial charge is 0.353 e. The van der Waals surface area contributed by atoms with Crippen molar-refractivity contribution in [1.82, 2.24) is 5.32 Å². The Hall–Kier alpha value is -1.68. The predicted octanol–water partition coefficient (Wildman–Crippen LogP) is 3.88. The van der Waals surface area contributed by atoms with Gasteiger partial charge in [-0.15, -0.1) is 0 Å². The van der Waals surface area contributed by atoms with Crippen LogP contribution in [0.1, 0.15) is 18.1 Å². The second kappa shape index (κ2) is 7.36. The molecule has 2 aromatic carbocycles. The Kier molecular flexibility index (Phi) is 5.51. The average Bonchev–Trinajstić information content (AvgIpc) is 2.44. The van der Waals surface area contributed by atoms with Gasteiger partial charge in [0.05, 0.1) is 6.42 Å². The first kappa shape index (κ1) is 15.7. The lowest BCUT2D eigenvalue weighted by Crippen LogP contribution is -2.35. The van der Waals surface area contributed by atoms with Gasteiger partial charge in [-0.25, -0.2) is 4.39 Å². The van der Waals surface area contributed by atoms with Gasteiger partial charge in [0, 0.05) is 10.5 Å². The maximum atomic E-state index is 12.8. The maximum Gasteiger partial charge on any atom is 0.224 e. The number of amides is 1. The van der Waals surface area contributed by atoms with Crippen LogP contribution < -0.4 is 5.32 Å². The van der Waals surface area contributed by atoms with Crippen molar-refractivity contribution in [3.63, 3.8) is 0 Å². The molecule has 1 N–H and O–H groups in total. The van der Waals surface area contributed by atoms with Crippen molar-refractivity contribution >= 4 is 21.8 Å². The zero-order valence-corrected chi connectivity index (χ0v) is 13.4. The molecular formula is C17H17BrFNO. The minimum absolute atomic E-state index is 0.0498. The highest BCUT2D eigenvalue weighted by Crippen LogP contribution is 2.12. The van der Waals surface area contributed by atoms with Crippen LogP contribution in [0.3, 0.4) is 0 Å². The van der Waals surface area contributed by atoms with E-state index < -0.39 is 0 Å². The van der Waals surface area contributed by atoms with E-state index in [1.807, 2.05) is 31.2 Å². The lowest BCUT2D eigenvalue weighted by molar-refractivity contribution is -0.121. The number of carbonyl (C=O) groups excluding carboxylic acids is 1. The SMILES string of the molecule is CC(Cc1ccc(Br)cc1)NC(=O)Cc1ccc(F)cc1. The molecule has 0 fully saturated rings. The molecule has 0 heterocycles. The monoisotopic (exact) mass is 349 g/mol. The molecule has 110 valence electrons. The van der Waals surface area contributed by atoms with Gasteiger partial charge in [-0.3, -0.25) is 4.79 Å². The highest BCUT2D eigenvalue weighted by Gasteiger charge is 2.09. The molecule has 0 saturated heterocycles. The minimum atomic E-state index is -0.289. The first-order chi connectivity index (χ1) is 10.0. The number of benzene rings is 2. The van der Waals surface area contributed by atoms with Crippen molar-refractivity contribution < 1.29 is 9.18 Å². The Balaban J connectivity index is 1.84. The summed E-state index contributed by atoms with van der Waals surface area (Å²) < 4.78 is 13.8. The normalized spacial score (nSPS) is 12.0. The third kappa shape index (κ3) is 5.31. The Morgan fingerprint density at radius 1 is 1.10 bits per heavy atom. The summed E-state index contributed by atoms with van der Waals surface area (Å²) in [6.45, 7) is 1.98. The van der Waals surface area contributed by atoms with Crippen LogP contribution in [0, 0.1) is 5.82 Å². The van der Waals surface area contributed by atoms with Gasteiger partial charge in [-0.2, -0.15) is 0 Å². The molecular weight excluding hydrogens is 333 g/mol. The van der Waals surface area contributed by atoms with Crippen LogP contribution in [0.25, 0.3) is 0 Å². The molecule has 0 aromatic heterocycles. The van der Waals surface area contributed by atoms with E-state index in [9.17, 15) is 9.18 Å². The third-order valence-electron chi connectivity index (χ3n) is 3.14. The average molecular weight is 350 g/mol. The molecule has 0 aliphatic heterocycles. The Morgan fingerprint density at radius 3 is 2.29 bits per heavy atom.